The number of hydrogen-bond donors (Lipinski definition) is 0. The smallest absolute Gasteiger partial charge is 0.336 e. The van der Waals surface area contributed by atoms with Gasteiger partial charge in [0.1, 0.15) is 5.76 Å². The van der Waals surface area contributed by atoms with Crippen molar-refractivity contribution in [3.8, 4) is 0 Å². The van der Waals surface area contributed by atoms with Gasteiger partial charge in [0, 0.05) is 37.8 Å². The van der Waals surface area contributed by atoms with E-state index in [1.165, 1.54) is 44.6 Å². The van der Waals surface area contributed by atoms with Gasteiger partial charge in [-0.05, 0) is 56.9 Å². The summed E-state index contributed by atoms with van der Waals surface area (Å²) >= 11 is 0. The lowest BCUT2D eigenvalue weighted by Crippen LogP contribution is -2.62. The normalized spacial score (nSPS) is 30.9. The molecule has 0 aliphatic carbocycles. The van der Waals surface area contributed by atoms with E-state index in [1.807, 2.05) is 11.8 Å². The summed E-state index contributed by atoms with van der Waals surface area (Å²) in [6, 6.07) is 2.82. The van der Waals surface area contributed by atoms with Gasteiger partial charge in [-0.3, -0.25) is 9.69 Å². The quantitative estimate of drug-likeness (QED) is 0.816. The Morgan fingerprint density at radius 2 is 2.04 bits per heavy atom. The van der Waals surface area contributed by atoms with Gasteiger partial charge in [-0.2, -0.15) is 0 Å². The number of carbonyl (C=O) groups is 1. The average molecular weight is 373 g/mol. The Kier molecular flexibility index (Phi) is 5.15. The molecule has 148 valence electrons. The van der Waals surface area contributed by atoms with Gasteiger partial charge in [-0.1, -0.05) is 19.8 Å². The summed E-state index contributed by atoms with van der Waals surface area (Å²) in [7, 11) is 0. The minimum absolute atomic E-state index is 0.0396. The first-order valence-electron chi connectivity index (χ1n) is 10.6. The lowest BCUT2D eigenvalue weighted by Gasteiger charge is -2.55. The average Bonchev–Trinajstić information content (AvgIpc) is 2.61. The van der Waals surface area contributed by atoms with Crippen molar-refractivity contribution < 1.29 is 9.21 Å². The number of aryl methyl sites for hydroxylation is 2. The largest absolute Gasteiger partial charge is 0.427 e. The van der Waals surface area contributed by atoms with Crippen molar-refractivity contribution in [2.75, 3.05) is 19.6 Å². The molecule has 1 amide bonds. The molecule has 3 aliphatic heterocycles. The molecule has 3 saturated heterocycles. The molecule has 0 N–H and O–H groups in total. The maximum Gasteiger partial charge on any atom is 0.336 e. The summed E-state index contributed by atoms with van der Waals surface area (Å²) in [4.78, 5) is 29.7. The van der Waals surface area contributed by atoms with Gasteiger partial charge in [-0.15, -0.1) is 0 Å². The highest BCUT2D eigenvalue weighted by atomic mass is 16.4. The number of carbonyl (C=O) groups excluding carboxylic acids is 1. The van der Waals surface area contributed by atoms with Crippen LogP contribution < -0.4 is 5.63 Å². The van der Waals surface area contributed by atoms with E-state index in [0.717, 1.165) is 31.2 Å². The van der Waals surface area contributed by atoms with Crippen molar-refractivity contribution in [2.45, 2.75) is 71.4 Å². The van der Waals surface area contributed by atoms with Crippen molar-refractivity contribution in [1.82, 2.24) is 9.80 Å². The molecule has 0 saturated carbocycles. The van der Waals surface area contributed by atoms with Gasteiger partial charge in [-0.25, -0.2) is 4.79 Å². The molecule has 27 heavy (non-hydrogen) atoms. The number of rotatable bonds is 3. The first-order valence-corrected chi connectivity index (χ1v) is 10.6. The van der Waals surface area contributed by atoms with E-state index in [-0.39, 0.29) is 11.5 Å². The third-order valence-corrected chi connectivity index (χ3v) is 6.97. The molecule has 0 aromatic carbocycles. The highest BCUT2D eigenvalue weighted by Gasteiger charge is 2.45. The van der Waals surface area contributed by atoms with Crippen LogP contribution in [0.2, 0.25) is 0 Å². The molecule has 5 heteroatoms. The summed E-state index contributed by atoms with van der Waals surface area (Å²) in [5, 5.41) is 0. The van der Waals surface area contributed by atoms with Gasteiger partial charge < -0.3 is 9.32 Å². The fourth-order valence-electron chi connectivity index (χ4n) is 5.96. The van der Waals surface area contributed by atoms with Crippen LogP contribution in [-0.2, 0) is 0 Å². The van der Waals surface area contributed by atoms with E-state index < -0.39 is 0 Å². The molecule has 4 rings (SSSR count). The monoisotopic (exact) mass is 372 g/mol. The zero-order valence-electron chi connectivity index (χ0n) is 16.9. The van der Waals surface area contributed by atoms with Gasteiger partial charge in [0.15, 0.2) is 0 Å². The predicted octanol–water partition coefficient (Wildman–Crippen LogP) is 3.37. The van der Waals surface area contributed by atoms with Crippen LogP contribution in [0.3, 0.4) is 0 Å². The number of fused-ring (bicyclic) bond motifs is 4. The number of amides is 1. The molecule has 0 unspecified atom stereocenters. The standard InChI is InChI=1S/C22H32N2O3/c1-4-6-18-7-5-8-19-17-10-16(12-24(18)19)11-23(13-17)22(26)21-14(2)9-20(25)27-15(21)3/h9,16-19H,4-8,10-13H2,1-3H3/t16-,17+,18-,19-/m0/s1. The molecule has 0 spiro atoms. The second-order valence-electron chi connectivity index (χ2n) is 8.89. The van der Waals surface area contributed by atoms with Crippen molar-refractivity contribution >= 4 is 5.91 Å². The zero-order chi connectivity index (χ0) is 19.1. The molecule has 1 aromatic heterocycles. The summed E-state index contributed by atoms with van der Waals surface area (Å²) in [5.74, 6) is 1.64. The van der Waals surface area contributed by atoms with Crippen molar-refractivity contribution in [3.63, 3.8) is 0 Å². The Bertz CT molecular complexity index is 743. The summed E-state index contributed by atoms with van der Waals surface area (Å²) in [5.41, 5.74) is 0.933. The van der Waals surface area contributed by atoms with Crippen LogP contribution in [0.15, 0.2) is 15.3 Å². The molecule has 5 nitrogen and oxygen atoms in total. The molecule has 3 fully saturated rings. The maximum atomic E-state index is 13.3. The van der Waals surface area contributed by atoms with Crippen molar-refractivity contribution in [3.05, 3.63) is 33.4 Å². The molecular weight excluding hydrogens is 340 g/mol. The first kappa shape index (κ1) is 18.7. The Hall–Kier alpha value is -1.62. The van der Waals surface area contributed by atoms with Crippen LogP contribution in [0.1, 0.15) is 67.1 Å². The van der Waals surface area contributed by atoms with Crippen molar-refractivity contribution in [1.29, 1.82) is 0 Å². The molecule has 3 aliphatic rings. The van der Waals surface area contributed by atoms with Crippen LogP contribution in [-0.4, -0.2) is 47.4 Å². The predicted molar refractivity (Wildman–Crippen MR) is 105 cm³/mol. The lowest BCUT2D eigenvalue weighted by molar-refractivity contribution is -0.0519. The maximum absolute atomic E-state index is 13.3. The Morgan fingerprint density at radius 1 is 1.22 bits per heavy atom. The Morgan fingerprint density at radius 3 is 2.78 bits per heavy atom. The summed E-state index contributed by atoms with van der Waals surface area (Å²) in [6.45, 7) is 8.66. The second-order valence-corrected chi connectivity index (χ2v) is 8.89. The van der Waals surface area contributed by atoms with Crippen LogP contribution >= 0.6 is 0 Å². The Balaban J connectivity index is 1.54. The van der Waals surface area contributed by atoms with Gasteiger partial charge in [0.05, 0.1) is 5.56 Å². The zero-order valence-corrected chi connectivity index (χ0v) is 16.9. The van der Waals surface area contributed by atoms with Gasteiger partial charge >= 0.3 is 5.63 Å². The number of likely N-dealkylation sites (tertiary alicyclic amines) is 1. The fraction of sp³-hybridized carbons (Fsp3) is 0.727. The van der Waals surface area contributed by atoms with Crippen LogP contribution in [0, 0.1) is 25.7 Å². The minimum Gasteiger partial charge on any atom is -0.427 e. The highest BCUT2D eigenvalue weighted by molar-refractivity contribution is 5.96. The third kappa shape index (κ3) is 3.46. The van der Waals surface area contributed by atoms with Crippen LogP contribution in [0.5, 0.6) is 0 Å². The number of hydrogen-bond acceptors (Lipinski definition) is 4. The topological polar surface area (TPSA) is 53.8 Å². The molecule has 4 heterocycles. The molecule has 0 radical (unpaired) electrons. The second kappa shape index (κ2) is 7.42. The van der Waals surface area contributed by atoms with E-state index in [0.29, 0.717) is 29.2 Å². The van der Waals surface area contributed by atoms with Gasteiger partial charge in [0.2, 0.25) is 0 Å². The van der Waals surface area contributed by atoms with Crippen molar-refractivity contribution in [2.24, 2.45) is 11.8 Å². The fourth-order valence-corrected chi connectivity index (χ4v) is 5.96. The van der Waals surface area contributed by atoms with E-state index in [9.17, 15) is 9.59 Å². The van der Waals surface area contributed by atoms with E-state index in [2.05, 4.69) is 11.8 Å². The molecule has 1 aromatic rings. The van der Waals surface area contributed by atoms with E-state index in [4.69, 9.17) is 4.42 Å². The SMILES string of the molecule is CCC[C@H]1CCC[C@H]2[C@@H]3C[C@@H](CN(C(=O)c4c(C)cc(=O)oc4C)C3)CN12. The van der Waals surface area contributed by atoms with Gasteiger partial charge in [0.25, 0.3) is 5.91 Å². The first-order chi connectivity index (χ1) is 13.0. The lowest BCUT2D eigenvalue weighted by atomic mass is 9.74. The highest BCUT2D eigenvalue weighted by Crippen LogP contribution is 2.40. The van der Waals surface area contributed by atoms with E-state index >= 15 is 0 Å². The van der Waals surface area contributed by atoms with Crippen LogP contribution in [0.4, 0.5) is 0 Å². The van der Waals surface area contributed by atoms with Crippen LogP contribution in [0.25, 0.3) is 0 Å². The summed E-state index contributed by atoms with van der Waals surface area (Å²) in [6.07, 6.45) is 7.76. The number of nitrogens with zero attached hydrogens (tertiary/aromatic N) is 2. The minimum atomic E-state index is -0.378. The van der Waals surface area contributed by atoms with E-state index in [1.54, 1.807) is 6.92 Å². The number of piperidine rings is 3. The third-order valence-electron chi connectivity index (χ3n) is 6.97. The molecular formula is C22H32N2O3. The summed E-state index contributed by atoms with van der Waals surface area (Å²) < 4.78 is 5.21. The Labute approximate surface area is 161 Å². The molecule has 2 bridgehead atoms. The molecule has 4 atom stereocenters.